The monoisotopic (exact) mass is 409 g/mol. The van der Waals surface area contributed by atoms with E-state index in [0.29, 0.717) is 30.0 Å². The summed E-state index contributed by atoms with van der Waals surface area (Å²) < 4.78 is 36.3. The number of aryl methyl sites for hydroxylation is 2. The van der Waals surface area contributed by atoms with E-state index < -0.39 is 28.5 Å². The standard InChI is InChI=1S/C18H23N3O6S/c1-5-21(6-2)28(24,25)14-8-7-12(3)15(10-14)19-17(22)11-26-18(23)16-9-13(4)20-27-16/h7-10H,5-6,11H2,1-4H3,(H,19,22). The van der Waals surface area contributed by atoms with Gasteiger partial charge in [-0.25, -0.2) is 13.2 Å². The Hall–Kier alpha value is -2.72. The highest BCUT2D eigenvalue weighted by Gasteiger charge is 2.23. The molecule has 0 atom stereocenters. The number of benzene rings is 1. The minimum absolute atomic E-state index is 0.0752. The van der Waals surface area contributed by atoms with E-state index in [4.69, 9.17) is 9.26 Å². The molecule has 2 rings (SSSR count). The maximum absolute atomic E-state index is 12.6. The maximum atomic E-state index is 12.6. The second kappa shape index (κ2) is 8.98. The molecule has 0 unspecified atom stereocenters. The zero-order chi connectivity index (χ0) is 20.9. The number of hydrogen-bond acceptors (Lipinski definition) is 7. The van der Waals surface area contributed by atoms with Crippen LogP contribution in [-0.4, -0.2) is 49.5 Å². The van der Waals surface area contributed by atoms with Gasteiger partial charge in [0.15, 0.2) is 6.61 Å². The van der Waals surface area contributed by atoms with Gasteiger partial charge in [-0.15, -0.1) is 0 Å². The van der Waals surface area contributed by atoms with E-state index in [9.17, 15) is 18.0 Å². The third kappa shape index (κ3) is 4.96. The van der Waals surface area contributed by atoms with E-state index in [1.165, 1.54) is 22.5 Å². The fourth-order valence-corrected chi connectivity index (χ4v) is 3.94. The summed E-state index contributed by atoms with van der Waals surface area (Å²) in [5.41, 5.74) is 1.51. The molecule has 0 aliphatic rings. The van der Waals surface area contributed by atoms with Gasteiger partial charge in [0.1, 0.15) is 0 Å². The summed E-state index contributed by atoms with van der Waals surface area (Å²) in [7, 11) is -3.66. The molecular weight excluding hydrogens is 386 g/mol. The molecule has 28 heavy (non-hydrogen) atoms. The van der Waals surface area contributed by atoms with Crippen LogP contribution < -0.4 is 5.32 Å². The zero-order valence-corrected chi connectivity index (χ0v) is 17.0. The summed E-state index contributed by atoms with van der Waals surface area (Å²) in [6, 6.07) is 5.88. The van der Waals surface area contributed by atoms with E-state index in [1.54, 1.807) is 33.8 Å². The molecule has 0 spiro atoms. The van der Waals surface area contributed by atoms with Crippen molar-refractivity contribution >= 4 is 27.6 Å². The molecule has 2 aromatic rings. The van der Waals surface area contributed by atoms with Crippen LogP contribution in [-0.2, 0) is 19.6 Å². The van der Waals surface area contributed by atoms with Crippen molar-refractivity contribution in [1.82, 2.24) is 9.46 Å². The minimum atomic E-state index is -3.66. The summed E-state index contributed by atoms with van der Waals surface area (Å²) in [6.07, 6.45) is 0. The number of nitrogens with one attached hydrogen (secondary N) is 1. The van der Waals surface area contributed by atoms with E-state index in [0.717, 1.165) is 0 Å². The lowest BCUT2D eigenvalue weighted by Gasteiger charge is -2.19. The van der Waals surface area contributed by atoms with Crippen molar-refractivity contribution < 1.29 is 27.3 Å². The van der Waals surface area contributed by atoms with Crippen LogP contribution in [0, 0.1) is 13.8 Å². The summed E-state index contributed by atoms with van der Waals surface area (Å²) >= 11 is 0. The first-order valence-corrected chi connectivity index (χ1v) is 10.1. The highest BCUT2D eigenvalue weighted by Crippen LogP contribution is 2.23. The van der Waals surface area contributed by atoms with Crippen LogP contribution in [0.2, 0.25) is 0 Å². The van der Waals surface area contributed by atoms with Crippen LogP contribution in [0.25, 0.3) is 0 Å². The summed E-state index contributed by atoms with van der Waals surface area (Å²) in [4.78, 5) is 24.0. The van der Waals surface area contributed by atoms with Crippen molar-refractivity contribution in [2.24, 2.45) is 0 Å². The van der Waals surface area contributed by atoms with Gasteiger partial charge in [-0.3, -0.25) is 4.79 Å². The first-order valence-electron chi connectivity index (χ1n) is 8.70. The van der Waals surface area contributed by atoms with Crippen LogP contribution in [0.3, 0.4) is 0 Å². The first-order chi connectivity index (χ1) is 13.2. The molecule has 0 aliphatic carbocycles. The Bertz CT molecular complexity index is 963. The van der Waals surface area contributed by atoms with Gasteiger partial charge >= 0.3 is 5.97 Å². The van der Waals surface area contributed by atoms with Crippen molar-refractivity contribution in [2.75, 3.05) is 25.0 Å². The molecular formula is C18H23N3O6S. The Balaban J connectivity index is 2.09. The Morgan fingerprint density at radius 1 is 1.18 bits per heavy atom. The number of aromatic nitrogens is 1. The largest absolute Gasteiger partial charge is 0.450 e. The molecule has 0 bridgehead atoms. The lowest BCUT2D eigenvalue weighted by atomic mass is 10.2. The number of nitrogens with zero attached hydrogens (tertiary/aromatic N) is 2. The third-order valence-corrected chi connectivity index (χ3v) is 6.04. The van der Waals surface area contributed by atoms with Crippen LogP contribution in [0.1, 0.15) is 35.7 Å². The Labute approximate surface area is 163 Å². The fourth-order valence-electron chi connectivity index (χ4n) is 2.46. The van der Waals surface area contributed by atoms with E-state index >= 15 is 0 Å². The molecule has 1 N–H and O–H groups in total. The third-order valence-electron chi connectivity index (χ3n) is 3.99. The molecule has 1 aromatic heterocycles. The van der Waals surface area contributed by atoms with Crippen LogP contribution in [0.15, 0.2) is 33.7 Å². The predicted octanol–water partition coefficient (Wildman–Crippen LogP) is 2.12. The summed E-state index contributed by atoms with van der Waals surface area (Å²) in [6.45, 7) is 7.01. The molecule has 1 aromatic carbocycles. The van der Waals surface area contributed by atoms with Gasteiger partial charge in [-0.1, -0.05) is 25.1 Å². The van der Waals surface area contributed by atoms with Gasteiger partial charge in [0, 0.05) is 24.8 Å². The molecule has 0 saturated carbocycles. The molecule has 0 radical (unpaired) electrons. The second-order valence-corrected chi connectivity index (χ2v) is 7.96. The van der Waals surface area contributed by atoms with Crippen LogP contribution in [0.5, 0.6) is 0 Å². The highest BCUT2D eigenvalue weighted by molar-refractivity contribution is 7.89. The normalized spacial score (nSPS) is 11.5. The number of anilines is 1. The Kier molecular flexibility index (Phi) is 6.92. The van der Waals surface area contributed by atoms with E-state index in [-0.39, 0.29) is 10.7 Å². The number of hydrogen-bond donors (Lipinski definition) is 1. The van der Waals surface area contributed by atoms with Gasteiger partial charge in [0.2, 0.25) is 15.8 Å². The van der Waals surface area contributed by atoms with Crippen LogP contribution >= 0.6 is 0 Å². The molecule has 10 heteroatoms. The van der Waals surface area contributed by atoms with E-state index in [2.05, 4.69) is 10.5 Å². The van der Waals surface area contributed by atoms with Crippen molar-refractivity contribution in [3.05, 3.63) is 41.3 Å². The quantitative estimate of drug-likeness (QED) is 0.663. The Morgan fingerprint density at radius 2 is 1.86 bits per heavy atom. The average Bonchev–Trinajstić information content (AvgIpc) is 3.08. The molecule has 1 amide bonds. The average molecular weight is 409 g/mol. The van der Waals surface area contributed by atoms with Crippen LogP contribution in [0.4, 0.5) is 5.69 Å². The second-order valence-electron chi connectivity index (χ2n) is 6.02. The van der Waals surface area contributed by atoms with Crippen molar-refractivity contribution in [2.45, 2.75) is 32.6 Å². The smallest absolute Gasteiger partial charge is 0.377 e. The highest BCUT2D eigenvalue weighted by atomic mass is 32.2. The number of carbonyl (C=O) groups is 2. The number of rotatable bonds is 8. The molecule has 9 nitrogen and oxygen atoms in total. The fraction of sp³-hybridized carbons (Fsp3) is 0.389. The molecule has 0 saturated heterocycles. The van der Waals surface area contributed by atoms with Gasteiger partial charge in [0.25, 0.3) is 5.91 Å². The van der Waals surface area contributed by atoms with E-state index in [1.807, 2.05) is 0 Å². The summed E-state index contributed by atoms with van der Waals surface area (Å²) in [5.74, 6) is -1.52. The number of carbonyl (C=O) groups excluding carboxylic acids is 2. The molecule has 152 valence electrons. The van der Waals surface area contributed by atoms with Gasteiger partial charge in [-0.05, 0) is 31.5 Å². The summed E-state index contributed by atoms with van der Waals surface area (Å²) in [5, 5.41) is 6.13. The number of amides is 1. The van der Waals surface area contributed by atoms with Gasteiger partial charge in [-0.2, -0.15) is 4.31 Å². The lowest BCUT2D eigenvalue weighted by molar-refractivity contribution is -0.119. The number of sulfonamides is 1. The molecule has 0 aliphatic heterocycles. The minimum Gasteiger partial charge on any atom is -0.450 e. The number of esters is 1. The lowest BCUT2D eigenvalue weighted by Crippen LogP contribution is -2.30. The molecule has 1 heterocycles. The SMILES string of the molecule is CCN(CC)S(=O)(=O)c1ccc(C)c(NC(=O)COC(=O)c2cc(C)no2)c1. The van der Waals surface area contributed by atoms with Crippen molar-refractivity contribution in [3.8, 4) is 0 Å². The Morgan fingerprint density at radius 3 is 2.43 bits per heavy atom. The van der Waals surface area contributed by atoms with Crippen molar-refractivity contribution in [1.29, 1.82) is 0 Å². The van der Waals surface area contributed by atoms with Gasteiger partial charge in [0.05, 0.1) is 10.6 Å². The number of ether oxygens (including phenoxy) is 1. The topological polar surface area (TPSA) is 119 Å². The zero-order valence-electron chi connectivity index (χ0n) is 16.2. The first kappa shape index (κ1) is 21.6. The predicted molar refractivity (Wildman–Crippen MR) is 101 cm³/mol. The molecule has 0 fully saturated rings. The van der Waals surface area contributed by atoms with Gasteiger partial charge < -0.3 is 14.6 Å². The maximum Gasteiger partial charge on any atom is 0.377 e. The van der Waals surface area contributed by atoms with Crippen molar-refractivity contribution in [3.63, 3.8) is 0 Å².